The van der Waals surface area contributed by atoms with Gasteiger partial charge in [-0.2, -0.15) is 4.98 Å². The average Bonchev–Trinajstić information content (AvgIpc) is 3.04. The summed E-state index contributed by atoms with van der Waals surface area (Å²) in [5.74, 6) is 0.180. The van der Waals surface area contributed by atoms with Crippen molar-refractivity contribution in [3.05, 3.63) is 35.3 Å². The Balaban J connectivity index is 2.15. The van der Waals surface area contributed by atoms with Gasteiger partial charge in [-0.1, -0.05) is 15.9 Å². The molecule has 3 N–H and O–H groups in total. The number of nitrogens with two attached hydrogens (primary N) is 1. The maximum Gasteiger partial charge on any atom is 0.222 e. The SMILES string of the molecule is Nc1nc(-c2cc(Br)cc3ccoc23)c2[nH]cnc2n1. The number of hydrogen-bond acceptors (Lipinski definition) is 5. The van der Waals surface area contributed by atoms with E-state index in [1.165, 1.54) is 0 Å². The molecule has 3 aromatic heterocycles. The summed E-state index contributed by atoms with van der Waals surface area (Å²) in [4.78, 5) is 15.6. The lowest BCUT2D eigenvalue weighted by Gasteiger charge is -2.05. The predicted octanol–water partition coefficient (Wildman–Crippen LogP) is 3.11. The molecule has 4 aromatic rings. The first-order chi connectivity index (χ1) is 9.72. The molecule has 20 heavy (non-hydrogen) atoms. The summed E-state index contributed by atoms with van der Waals surface area (Å²) in [5, 5.41) is 0.985. The van der Waals surface area contributed by atoms with Gasteiger partial charge in [0.15, 0.2) is 5.65 Å². The van der Waals surface area contributed by atoms with Crippen molar-refractivity contribution in [2.75, 3.05) is 5.73 Å². The van der Waals surface area contributed by atoms with Gasteiger partial charge in [-0.05, 0) is 18.2 Å². The third kappa shape index (κ3) is 1.60. The number of H-pyrrole nitrogens is 1. The van der Waals surface area contributed by atoms with Gasteiger partial charge in [-0.3, -0.25) is 0 Å². The first-order valence-corrected chi connectivity index (χ1v) is 6.65. The largest absolute Gasteiger partial charge is 0.464 e. The van der Waals surface area contributed by atoms with Crippen LogP contribution in [0.3, 0.4) is 0 Å². The summed E-state index contributed by atoms with van der Waals surface area (Å²) in [6, 6.07) is 5.82. The summed E-state index contributed by atoms with van der Waals surface area (Å²) in [7, 11) is 0. The number of benzene rings is 1. The molecule has 3 heterocycles. The van der Waals surface area contributed by atoms with Crippen molar-refractivity contribution in [2.24, 2.45) is 0 Å². The zero-order chi connectivity index (χ0) is 13.7. The number of fused-ring (bicyclic) bond motifs is 2. The first-order valence-electron chi connectivity index (χ1n) is 5.86. The fourth-order valence-corrected chi connectivity index (χ4v) is 2.74. The predicted molar refractivity (Wildman–Crippen MR) is 79.0 cm³/mol. The highest BCUT2D eigenvalue weighted by molar-refractivity contribution is 9.10. The zero-order valence-electron chi connectivity index (χ0n) is 10.1. The molecular weight excluding hydrogens is 322 g/mol. The van der Waals surface area contributed by atoms with E-state index in [1.807, 2.05) is 18.2 Å². The van der Waals surface area contributed by atoms with Crippen molar-refractivity contribution >= 4 is 44.0 Å². The number of aromatic nitrogens is 4. The Morgan fingerprint density at radius 1 is 1.25 bits per heavy atom. The maximum atomic E-state index is 5.76. The number of aromatic amines is 1. The van der Waals surface area contributed by atoms with Crippen LogP contribution in [-0.4, -0.2) is 19.9 Å². The van der Waals surface area contributed by atoms with E-state index in [1.54, 1.807) is 12.6 Å². The molecule has 6 nitrogen and oxygen atoms in total. The number of anilines is 1. The molecule has 0 amide bonds. The molecule has 0 radical (unpaired) electrons. The molecular formula is C13H8BrN5O. The molecule has 0 fully saturated rings. The van der Waals surface area contributed by atoms with E-state index in [0.29, 0.717) is 11.3 Å². The van der Waals surface area contributed by atoms with Crippen molar-refractivity contribution in [3.8, 4) is 11.3 Å². The Bertz CT molecular complexity index is 864. The highest BCUT2D eigenvalue weighted by atomic mass is 79.9. The van der Waals surface area contributed by atoms with Gasteiger partial charge in [0.1, 0.15) is 16.8 Å². The van der Waals surface area contributed by atoms with Crippen molar-refractivity contribution in [1.82, 2.24) is 19.9 Å². The Morgan fingerprint density at radius 2 is 2.15 bits per heavy atom. The highest BCUT2D eigenvalue weighted by Crippen LogP contribution is 2.34. The molecule has 0 bridgehead atoms. The lowest BCUT2D eigenvalue weighted by molar-refractivity contribution is 0.616. The number of rotatable bonds is 1. The van der Waals surface area contributed by atoms with Crippen LogP contribution in [0.2, 0.25) is 0 Å². The van der Waals surface area contributed by atoms with Crippen LogP contribution in [0.15, 0.2) is 39.7 Å². The Labute approximate surface area is 121 Å². The van der Waals surface area contributed by atoms with Gasteiger partial charge in [0.25, 0.3) is 0 Å². The smallest absolute Gasteiger partial charge is 0.222 e. The zero-order valence-corrected chi connectivity index (χ0v) is 11.7. The topological polar surface area (TPSA) is 93.6 Å². The van der Waals surface area contributed by atoms with Crippen molar-refractivity contribution < 1.29 is 4.42 Å². The summed E-state index contributed by atoms with van der Waals surface area (Å²) in [6.07, 6.45) is 3.22. The highest BCUT2D eigenvalue weighted by Gasteiger charge is 2.15. The van der Waals surface area contributed by atoms with Crippen molar-refractivity contribution in [1.29, 1.82) is 0 Å². The summed E-state index contributed by atoms with van der Waals surface area (Å²) in [6.45, 7) is 0. The molecule has 4 rings (SSSR count). The van der Waals surface area contributed by atoms with Crippen molar-refractivity contribution in [2.45, 2.75) is 0 Å². The minimum absolute atomic E-state index is 0.180. The molecule has 0 atom stereocenters. The molecule has 7 heteroatoms. The van der Waals surface area contributed by atoms with Crippen LogP contribution in [0.4, 0.5) is 5.95 Å². The van der Waals surface area contributed by atoms with E-state index in [2.05, 4.69) is 35.9 Å². The molecule has 0 aliphatic carbocycles. The Morgan fingerprint density at radius 3 is 3.05 bits per heavy atom. The molecule has 1 aromatic carbocycles. The second-order valence-electron chi connectivity index (χ2n) is 4.32. The van der Waals surface area contributed by atoms with E-state index < -0.39 is 0 Å². The molecule has 0 saturated heterocycles. The summed E-state index contributed by atoms with van der Waals surface area (Å²) >= 11 is 3.50. The van der Waals surface area contributed by atoms with E-state index in [9.17, 15) is 0 Å². The monoisotopic (exact) mass is 329 g/mol. The van der Waals surface area contributed by atoms with E-state index in [0.717, 1.165) is 26.5 Å². The van der Waals surface area contributed by atoms with E-state index in [4.69, 9.17) is 10.2 Å². The van der Waals surface area contributed by atoms with Crippen LogP contribution in [-0.2, 0) is 0 Å². The number of furan rings is 1. The Kier molecular flexibility index (Phi) is 2.31. The molecule has 0 unspecified atom stereocenters. The van der Waals surface area contributed by atoms with Crippen LogP contribution in [0.25, 0.3) is 33.4 Å². The minimum Gasteiger partial charge on any atom is -0.464 e. The molecule has 0 saturated carbocycles. The summed E-state index contributed by atoms with van der Waals surface area (Å²) in [5.41, 5.74) is 9.29. The second-order valence-corrected chi connectivity index (χ2v) is 5.24. The average molecular weight is 330 g/mol. The molecule has 98 valence electrons. The van der Waals surface area contributed by atoms with Crippen LogP contribution < -0.4 is 5.73 Å². The third-order valence-corrected chi connectivity index (χ3v) is 3.53. The van der Waals surface area contributed by atoms with Crippen molar-refractivity contribution in [3.63, 3.8) is 0 Å². The number of halogens is 1. The number of nitrogen functional groups attached to an aromatic ring is 1. The number of nitrogens with zero attached hydrogens (tertiary/aromatic N) is 3. The van der Waals surface area contributed by atoms with E-state index >= 15 is 0 Å². The lowest BCUT2D eigenvalue weighted by atomic mass is 10.1. The van der Waals surface area contributed by atoms with Crippen LogP contribution >= 0.6 is 15.9 Å². The minimum atomic E-state index is 0.180. The van der Waals surface area contributed by atoms with Gasteiger partial charge in [-0.25, -0.2) is 9.97 Å². The number of hydrogen-bond donors (Lipinski definition) is 2. The maximum absolute atomic E-state index is 5.76. The first kappa shape index (κ1) is 11.4. The van der Waals surface area contributed by atoms with Gasteiger partial charge < -0.3 is 15.1 Å². The standard InChI is InChI=1S/C13H8BrN5O/c14-7-3-6-1-2-20-11(6)8(4-7)9-10-12(17-5-16-10)19-13(15)18-9/h1-5H,(H3,15,16,17,18,19). The summed E-state index contributed by atoms with van der Waals surface area (Å²) < 4.78 is 6.50. The second kappa shape index (κ2) is 4.04. The normalized spacial score (nSPS) is 11.4. The number of nitrogens with one attached hydrogen (secondary N) is 1. The molecule has 0 aliphatic heterocycles. The molecule has 0 spiro atoms. The fourth-order valence-electron chi connectivity index (χ4n) is 2.27. The molecule has 0 aliphatic rings. The quantitative estimate of drug-likeness (QED) is 0.559. The third-order valence-electron chi connectivity index (χ3n) is 3.07. The van der Waals surface area contributed by atoms with E-state index in [-0.39, 0.29) is 5.95 Å². The van der Waals surface area contributed by atoms with Gasteiger partial charge in [0.2, 0.25) is 5.95 Å². The van der Waals surface area contributed by atoms with Gasteiger partial charge in [-0.15, -0.1) is 0 Å². The lowest BCUT2D eigenvalue weighted by Crippen LogP contribution is -1.98. The van der Waals surface area contributed by atoms with Gasteiger partial charge >= 0.3 is 0 Å². The Hall–Kier alpha value is -2.41. The van der Waals surface area contributed by atoms with Crippen LogP contribution in [0.5, 0.6) is 0 Å². The van der Waals surface area contributed by atoms with Crippen LogP contribution in [0.1, 0.15) is 0 Å². The number of imidazole rings is 1. The van der Waals surface area contributed by atoms with Gasteiger partial charge in [0, 0.05) is 15.4 Å². The van der Waals surface area contributed by atoms with Gasteiger partial charge in [0.05, 0.1) is 12.6 Å². The fraction of sp³-hybridized carbons (Fsp3) is 0. The van der Waals surface area contributed by atoms with Crippen LogP contribution in [0, 0.1) is 0 Å².